The lowest BCUT2D eigenvalue weighted by Gasteiger charge is -2.08. The van der Waals surface area contributed by atoms with Gasteiger partial charge in [0.05, 0.1) is 11.2 Å². The number of nitrogens with zero attached hydrogens (tertiary/aromatic N) is 2. The van der Waals surface area contributed by atoms with Crippen LogP contribution < -0.4 is 4.72 Å². The second-order valence-electron chi connectivity index (χ2n) is 4.22. The normalized spacial score (nSPS) is 10.6. The lowest BCUT2D eigenvalue weighted by Crippen LogP contribution is -1.90. The highest BCUT2D eigenvalue weighted by Crippen LogP contribution is 2.26. The highest BCUT2D eigenvalue weighted by molar-refractivity contribution is 8.00. The summed E-state index contributed by atoms with van der Waals surface area (Å²) in [6, 6.07) is 14.2. The summed E-state index contributed by atoms with van der Waals surface area (Å²) < 4.78 is 3.36. The molecule has 0 aliphatic heterocycles. The smallest absolute Gasteiger partial charge is 0.0941 e. The van der Waals surface area contributed by atoms with Crippen LogP contribution in [0.15, 0.2) is 59.8 Å². The molecule has 0 amide bonds. The second-order valence-corrected chi connectivity index (χ2v) is 5.10. The van der Waals surface area contributed by atoms with Gasteiger partial charge in [0.25, 0.3) is 0 Å². The molecule has 3 rings (SSSR count). The number of aromatic nitrogens is 2. The lowest BCUT2D eigenvalue weighted by atomic mass is 10.2. The minimum atomic E-state index is 0.989. The van der Waals surface area contributed by atoms with Crippen LogP contribution in [0.1, 0.15) is 5.69 Å². The largest absolute Gasteiger partial charge is 0.324 e. The molecule has 0 fully saturated rings. The van der Waals surface area contributed by atoms with E-state index in [1.165, 1.54) is 0 Å². The van der Waals surface area contributed by atoms with E-state index in [0.29, 0.717) is 0 Å². The fraction of sp³-hybridized carbons (Fsp3) is 0.0667. The highest BCUT2D eigenvalue weighted by Gasteiger charge is 2.02. The maximum Gasteiger partial charge on any atom is 0.0941 e. The van der Waals surface area contributed by atoms with Gasteiger partial charge in [0.2, 0.25) is 0 Å². The molecule has 0 aliphatic carbocycles. The van der Waals surface area contributed by atoms with Crippen LogP contribution in [0.3, 0.4) is 0 Å². The van der Waals surface area contributed by atoms with Crippen LogP contribution in [-0.2, 0) is 0 Å². The molecule has 1 aromatic carbocycles. The summed E-state index contributed by atoms with van der Waals surface area (Å²) in [6.07, 6.45) is 3.63. The van der Waals surface area contributed by atoms with E-state index in [1.54, 1.807) is 11.9 Å². The zero-order valence-corrected chi connectivity index (χ0v) is 11.3. The van der Waals surface area contributed by atoms with Crippen molar-refractivity contribution in [3.05, 3.63) is 60.6 Å². The Hall–Kier alpha value is -2.07. The molecule has 3 nitrogen and oxygen atoms in total. The number of aryl methyl sites for hydroxylation is 1. The fourth-order valence-corrected chi connectivity index (χ4v) is 2.63. The summed E-state index contributed by atoms with van der Waals surface area (Å²) in [5.74, 6) is 0. The Morgan fingerprint density at radius 2 is 1.89 bits per heavy atom. The number of nitrogens with one attached hydrogen (secondary N) is 1. The van der Waals surface area contributed by atoms with Crippen molar-refractivity contribution in [2.45, 2.75) is 11.8 Å². The van der Waals surface area contributed by atoms with E-state index in [9.17, 15) is 0 Å². The molecule has 2 aromatic heterocycles. The minimum Gasteiger partial charge on any atom is -0.324 e. The molecule has 4 heteroatoms. The van der Waals surface area contributed by atoms with E-state index < -0.39 is 0 Å². The van der Waals surface area contributed by atoms with E-state index in [2.05, 4.69) is 32.9 Å². The van der Waals surface area contributed by atoms with Crippen molar-refractivity contribution in [1.29, 1.82) is 0 Å². The average Bonchev–Trinajstić information content (AvgIpc) is 2.45. The molecule has 0 atom stereocenters. The van der Waals surface area contributed by atoms with E-state index in [1.807, 2.05) is 43.6 Å². The zero-order valence-electron chi connectivity index (χ0n) is 10.5. The second kappa shape index (κ2) is 5.28. The van der Waals surface area contributed by atoms with Gasteiger partial charge in [-0.25, -0.2) is 0 Å². The van der Waals surface area contributed by atoms with Crippen LogP contribution in [0, 0.1) is 6.92 Å². The van der Waals surface area contributed by atoms with Crippen LogP contribution in [-0.4, -0.2) is 9.97 Å². The molecule has 0 spiro atoms. The third-order valence-corrected chi connectivity index (χ3v) is 3.59. The Kier molecular flexibility index (Phi) is 3.33. The van der Waals surface area contributed by atoms with Crippen molar-refractivity contribution in [1.82, 2.24) is 9.97 Å². The Labute approximate surface area is 116 Å². The van der Waals surface area contributed by atoms with Gasteiger partial charge in [-0.05, 0) is 43.1 Å². The number of pyridine rings is 2. The standard InChI is InChI=1S/C15H13N3S/c1-11-10-13(7-9-16-11)19-18-14-6-2-4-12-5-3-8-17-15(12)14/h2-10,18H,1H3. The zero-order chi connectivity index (χ0) is 13.1. The van der Waals surface area contributed by atoms with Crippen LogP contribution in [0.4, 0.5) is 5.69 Å². The van der Waals surface area contributed by atoms with Crippen molar-refractivity contribution >= 4 is 28.5 Å². The molecule has 2 heterocycles. The van der Waals surface area contributed by atoms with Gasteiger partial charge in [0.1, 0.15) is 0 Å². The molecular formula is C15H13N3S. The number of fused-ring (bicyclic) bond motifs is 1. The lowest BCUT2D eigenvalue weighted by molar-refractivity contribution is 1.16. The molecule has 0 aliphatic rings. The Balaban J connectivity index is 1.86. The number of benzene rings is 1. The summed E-state index contributed by atoms with van der Waals surface area (Å²) in [5.41, 5.74) is 3.03. The van der Waals surface area contributed by atoms with Crippen LogP contribution in [0.25, 0.3) is 10.9 Å². The first kappa shape index (κ1) is 12.0. The number of hydrogen-bond acceptors (Lipinski definition) is 4. The third kappa shape index (κ3) is 2.69. The van der Waals surface area contributed by atoms with Crippen LogP contribution in [0.2, 0.25) is 0 Å². The van der Waals surface area contributed by atoms with Crippen molar-refractivity contribution in [2.24, 2.45) is 0 Å². The molecule has 0 unspecified atom stereocenters. The van der Waals surface area contributed by atoms with Gasteiger partial charge in [0, 0.05) is 28.4 Å². The average molecular weight is 267 g/mol. The predicted molar refractivity (Wildman–Crippen MR) is 80.2 cm³/mol. The maximum absolute atomic E-state index is 4.42. The first-order valence-electron chi connectivity index (χ1n) is 6.02. The van der Waals surface area contributed by atoms with E-state index in [4.69, 9.17) is 0 Å². The molecule has 3 aromatic rings. The van der Waals surface area contributed by atoms with Crippen molar-refractivity contribution in [3.63, 3.8) is 0 Å². The Morgan fingerprint density at radius 3 is 2.79 bits per heavy atom. The summed E-state index contributed by atoms with van der Waals surface area (Å²) in [7, 11) is 0. The molecule has 0 bridgehead atoms. The minimum absolute atomic E-state index is 0.989. The third-order valence-electron chi connectivity index (χ3n) is 2.78. The van der Waals surface area contributed by atoms with Gasteiger partial charge in [-0.15, -0.1) is 0 Å². The molecule has 1 N–H and O–H groups in total. The number of para-hydroxylation sites is 1. The number of anilines is 1. The number of rotatable bonds is 3. The summed E-state index contributed by atoms with van der Waals surface area (Å²) in [5, 5.41) is 1.14. The first-order valence-corrected chi connectivity index (χ1v) is 6.84. The molecule has 0 saturated carbocycles. The molecule has 0 radical (unpaired) electrons. The topological polar surface area (TPSA) is 37.8 Å². The van der Waals surface area contributed by atoms with Crippen LogP contribution in [0.5, 0.6) is 0 Å². The van der Waals surface area contributed by atoms with E-state index >= 15 is 0 Å². The predicted octanol–water partition coefficient (Wildman–Crippen LogP) is 4.06. The maximum atomic E-state index is 4.42. The van der Waals surface area contributed by atoms with Crippen LogP contribution >= 0.6 is 11.9 Å². The van der Waals surface area contributed by atoms with Gasteiger partial charge < -0.3 is 4.72 Å². The van der Waals surface area contributed by atoms with Crippen molar-refractivity contribution in [3.8, 4) is 0 Å². The molecule has 94 valence electrons. The Morgan fingerprint density at radius 1 is 1.00 bits per heavy atom. The van der Waals surface area contributed by atoms with E-state index in [-0.39, 0.29) is 0 Å². The highest BCUT2D eigenvalue weighted by atomic mass is 32.2. The fourth-order valence-electron chi connectivity index (χ4n) is 1.88. The molecule has 0 saturated heterocycles. The van der Waals surface area contributed by atoms with Crippen molar-refractivity contribution < 1.29 is 0 Å². The van der Waals surface area contributed by atoms with Gasteiger partial charge in [-0.1, -0.05) is 18.2 Å². The van der Waals surface area contributed by atoms with Gasteiger partial charge in [-0.3, -0.25) is 9.97 Å². The summed E-state index contributed by atoms with van der Waals surface area (Å²) in [6.45, 7) is 1.99. The summed E-state index contributed by atoms with van der Waals surface area (Å²) in [4.78, 5) is 9.75. The first-order chi connectivity index (χ1) is 9.33. The monoisotopic (exact) mass is 267 g/mol. The molecule has 19 heavy (non-hydrogen) atoms. The van der Waals surface area contributed by atoms with Gasteiger partial charge in [-0.2, -0.15) is 0 Å². The summed E-state index contributed by atoms with van der Waals surface area (Å²) >= 11 is 1.57. The molecular weight excluding hydrogens is 254 g/mol. The van der Waals surface area contributed by atoms with Gasteiger partial charge in [0.15, 0.2) is 0 Å². The Bertz CT molecular complexity index is 707. The quantitative estimate of drug-likeness (QED) is 0.726. The number of hydrogen-bond donors (Lipinski definition) is 1. The SMILES string of the molecule is Cc1cc(SNc2cccc3cccnc23)ccn1. The van der Waals surface area contributed by atoms with Gasteiger partial charge >= 0.3 is 0 Å². The van der Waals surface area contributed by atoms with Crippen molar-refractivity contribution in [2.75, 3.05) is 4.72 Å². The van der Waals surface area contributed by atoms with E-state index in [0.717, 1.165) is 27.2 Å².